The van der Waals surface area contributed by atoms with E-state index in [1.807, 2.05) is 31.2 Å². The third-order valence-corrected chi connectivity index (χ3v) is 3.39. The first-order valence-corrected chi connectivity index (χ1v) is 6.43. The Morgan fingerprint density at radius 1 is 1.25 bits per heavy atom. The Labute approximate surface area is 120 Å². The van der Waals surface area contributed by atoms with E-state index in [9.17, 15) is 9.90 Å². The van der Waals surface area contributed by atoms with Crippen LogP contribution in [-0.2, 0) is 0 Å². The number of benzene rings is 1. The molecular formula is C15H11ClN2O2. The fourth-order valence-corrected chi connectivity index (χ4v) is 2.47. The molecule has 1 aromatic carbocycles. The summed E-state index contributed by atoms with van der Waals surface area (Å²) in [5.41, 5.74) is 2.63. The van der Waals surface area contributed by atoms with Gasteiger partial charge in [-0.15, -0.1) is 0 Å². The first-order valence-electron chi connectivity index (χ1n) is 6.05. The number of imidazole rings is 1. The van der Waals surface area contributed by atoms with Crippen molar-refractivity contribution in [1.29, 1.82) is 0 Å². The van der Waals surface area contributed by atoms with Crippen LogP contribution in [0.5, 0.6) is 0 Å². The molecular weight excluding hydrogens is 276 g/mol. The second-order valence-corrected chi connectivity index (χ2v) is 4.89. The molecule has 0 aliphatic carbocycles. The van der Waals surface area contributed by atoms with Gasteiger partial charge >= 0.3 is 5.97 Å². The number of hydrogen-bond acceptors (Lipinski definition) is 2. The molecule has 0 aliphatic rings. The molecule has 0 spiro atoms. The molecule has 100 valence electrons. The van der Waals surface area contributed by atoms with Crippen LogP contribution >= 0.6 is 11.6 Å². The van der Waals surface area contributed by atoms with Gasteiger partial charge in [-0.2, -0.15) is 0 Å². The number of fused-ring (bicyclic) bond motifs is 1. The van der Waals surface area contributed by atoms with Crippen molar-refractivity contribution in [2.75, 3.05) is 0 Å². The van der Waals surface area contributed by atoms with E-state index in [2.05, 4.69) is 4.98 Å². The highest BCUT2D eigenvalue weighted by Crippen LogP contribution is 2.27. The first-order chi connectivity index (χ1) is 9.58. The molecule has 0 radical (unpaired) electrons. The number of aromatic nitrogens is 2. The Bertz CT molecular complexity index is 824. The zero-order valence-corrected chi connectivity index (χ0v) is 11.4. The molecule has 3 aromatic rings. The molecule has 4 nitrogen and oxygen atoms in total. The summed E-state index contributed by atoms with van der Waals surface area (Å²) < 4.78 is 1.57. The van der Waals surface area contributed by atoms with E-state index in [4.69, 9.17) is 11.6 Å². The van der Waals surface area contributed by atoms with Crippen molar-refractivity contribution in [3.8, 4) is 11.4 Å². The third kappa shape index (κ3) is 1.94. The van der Waals surface area contributed by atoms with Crippen LogP contribution in [0.25, 0.3) is 16.9 Å². The third-order valence-electron chi connectivity index (χ3n) is 3.11. The molecule has 0 amide bonds. The summed E-state index contributed by atoms with van der Waals surface area (Å²) in [5.74, 6) is -0.481. The topological polar surface area (TPSA) is 54.6 Å². The quantitative estimate of drug-likeness (QED) is 0.782. The number of aromatic carboxylic acids is 1. The Morgan fingerprint density at radius 3 is 2.70 bits per heavy atom. The highest BCUT2D eigenvalue weighted by Gasteiger charge is 2.17. The van der Waals surface area contributed by atoms with Crippen LogP contribution in [0.15, 0.2) is 42.5 Å². The van der Waals surface area contributed by atoms with Gasteiger partial charge in [-0.05, 0) is 25.1 Å². The lowest BCUT2D eigenvalue weighted by atomic mass is 10.1. The lowest BCUT2D eigenvalue weighted by Gasteiger charge is -2.05. The Hall–Kier alpha value is -2.33. The van der Waals surface area contributed by atoms with Crippen molar-refractivity contribution in [2.24, 2.45) is 0 Å². The highest BCUT2D eigenvalue weighted by molar-refractivity contribution is 6.33. The summed E-state index contributed by atoms with van der Waals surface area (Å²) in [6.07, 6.45) is 0. The molecule has 0 aliphatic heterocycles. The van der Waals surface area contributed by atoms with E-state index < -0.39 is 5.97 Å². The Morgan fingerprint density at radius 2 is 2.00 bits per heavy atom. The summed E-state index contributed by atoms with van der Waals surface area (Å²) in [4.78, 5) is 15.7. The fourth-order valence-electron chi connectivity index (χ4n) is 2.24. The lowest BCUT2D eigenvalue weighted by molar-refractivity contribution is 0.0689. The Balaban J connectivity index is 2.39. The van der Waals surface area contributed by atoms with Crippen LogP contribution in [0.1, 0.15) is 16.1 Å². The summed E-state index contributed by atoms with van der Waals surface area (Å²) >= 11 is 6.12. The van der Waals surface area contributed by atoms with Crippen LogP contribution in [0.4, 0.5) is 0 Å². The van der Waals surface area contributed by atoms with Gasteiger partial charge in [0.2, 0.25) is 0 Å². The maximum atomic E-state index is 11.4. The van der Waals surface area contributed by atoms with Crippen molar-refractivity contribution in [1.82, 2.24) is 9.38 Å². The molecule has 0 bridgehead atoms. The standard InChI is InChI=1S/C15H11ClN2O2/c1-9-4-2-5-10(8-9)14-17-13(16)11-6-3-7-12(15(19)20)18(11)14/h2-8H,1H3,(H,19,20). The summed E-state index contributed by atoms with van der Waals surface area (Å²) in [6, 6.07) is 12.7. The second kappa shape index (κ2) is 4.65. The van der Waals surface area contributed by atoms with Gasteiger partial charge in [-0.25, -0.2) is 9.78 Å². The van der Waals surface area contributed by atoms with Crippen molar-refractivity contribution in [3.63, 3.8) is 0 Å². The highest BCUT2D eigenvalue weighted by atomic mass is 35.5. The monoisotopic (exact) mass is 286 g/mol. The van der Waals surface area contributed by atoms with Gasteiger partial charge < -0.3 is 5.11 Å². The molecule has 0 atom stereocenters. The van der Waals surface area contributed by atoms with Crippen LogP contribution < -0.4 is 0 Å². The van der Waals surface area contributed by atoms with Gasteiger partial charge in [0.1, 0.15) is 11.5 Å². The number of halogens is 1. The smallest absolute Gasteiger partial charge is 0.352 e. The average Bonchev–Trinajstić information content (AvgIpc) is 2.76. The average molecular weight is 287 g/mol. The maximum Gasteiger partial charge on any atom is 0.352 e. The van der Waals surface area contributed by atoms with Crippen molar-refractivity contribution in [3.05, 3.63) is 58.9 Å². The zero-order valence-electron chi connectivity index (χ0n) is 10.7. The summed E-state index contributed by atoms with van der Waals surface area (Å²) in [6.45, 7) is 1.97. The van der Waals surface area contributed by atoms with E-state index in [1.165, 1.54) is 6.07 Å². The van der Waals surface area contributed by atoms with Gasteiger partial charge in [0.05, 0.1) is 5.52 Å². The number of hydrogen-bond donors (Lipinski definition) is 1. The molecule has 0 unspecified atom stereocenters. The van der Waals surface area contributed by atoms with Gasteiger partial charge in [-0.1, -0.05) is 41.4 Å². The largest absolute Gasteiger partial charge is 0.477 e. The van der Waals surface area contributed by atoms with Crippen LogP contribution in [0.2, 0.25) is 5.15 Å². The number of rotatable bonds is 2. The molecule has 2 heterocycles. The minimum absolute atomic E-state index is 0.137. The molecule has 0 saturated heterocycles. The lowest BCUT2D eigenvalue weighted by Crippen LogP contribution is -2.05. The number of nitrogens with zero attached hydrogens (tertiary/aromatic N) is 2. The SMILES string of the molecule is Cc1cccc(-c2nc(Cl)c3cccc(C(=O)O)n23)c1. The maximum absolute atomic E-state index is 11.4. The van der Waals surface area contributed by atoms with E-state index in [-0.39, 0.29) is 5.69 Å². The number of pyridine rings is 1. The minimum atomic E-state index is -1.02. The van der Waals surface area contributed by atoms with Crippen molar-refractivity contribution in [2.45, 2.75) is 6.92 Å². The predicted octanol–water partition coefficient (Wildman–Crippen LogP) is 3.66. The van der Waals surface area contributed by atoms with Gasteiger partial charge in [0, 0.05) is 5.56 Å². The van der Waals surface area contributed by atoms with Crippen LogP contribution in [0.3, 0.4) is 0 Å². The zero-order chi connectivity index (χ0) is 14.3. The summed E-state index contributed by atoms with van der Waals surface area (Å²) in [7, 11) is 0. The first kappa shape index (κ1) is 12.7. The molecule has 2 aromatic heterocycles. The van der Waals surface area contributed by atoms with Crippen LogP contribution in [0, 0.1) is 6.92 Å². The molecule has 1 N–H and O–H groups in total. The minimum Gasteiger partial charge on any atom is -0.477 e. The fraction of sp³-hybridized carbons (Fsp3) is 0.0667. The molecule has 0 fully saturated rings. The molecule has 3 rings (SSSR count). The molecule has 0 saturated carbocycles. The van der Waals surface area contributed by atoms with Crippen molar-refractivity contribution < 1.29 is 9.90 Å². The second-order valence-electron chi connectivity index (χ2n) is 4.53. The normalized spacial score (nSPS) is 10.9. The number of aryl methyl sites for hydroxylation is 1. The van der Waals surface area contributed by atoms with Gasteiger partial charge in [-0.3, -0.25) is 4.40 Å². The van der Waals surface area contributed by atoms with Crippen molar-refractivity contribution >= 4 is 23.1 Å². The number of carboxylic acid groups (broad SMARTS) is 1. The van der Waals surface area contributed by atoms with Gasteiger partial charge in [0.25, 0.3) is 0 Å². The van der Waals surface area contributed by atoms with E-state index in [0.29, 0.717) is 16.5 Å². The predicted molar refractivity (Wildman–Crippen MR) is 77.3 cm³/mol. The van der Waals surface area contributed by atoms with E-state index >= 15 is 0 Å². The van der Waals surface area contributed by atoms with Crippen LogP contribution in [-0.4, -0.2) is 20.5 Å². The molecule has 5 heteroatoms. The molecule has 20 heavy (non-hydrogen) atoms. The van der Waals surface area contributed by atoms with Gasteiger partial charge in [0.15, 0.2) is 5.15 Å². The number of carboxylic acids is 1. The summed E-state index contributed by atoms with van der Waals surface area (Å²) in [5, 5.41) is 9.62. The Kier molecular flexibility index (Phi) is 2.95. The number of carbonyl (C=O) groups is 1. The van der Waals surface area contributed by atoms with E-state index in [1.54, 1.807) is 16.5 Å². The van der Waals surface area contributed by atoms with E-state index in [0.717, 1.165) is 11.1 Å².